The lowest BCUT2D eigenvalue weighted by Gasteiger charge is -2.07. The number of rotatable bonds is 3. The van der Waals surface area contributed by atoms with E-state index in [9.17, 15) is 0 Å². The van der Waals surface area contributed by atoms with Crippen molar-refractivity contribution < 1.29 is 0 Å². The minimum absolute atomic E-state index is 0.262. The Balaban J connectivity index is 1.88. The lowest BCUT2D eigenvalue weighted by Crippen LogP contribution is -2.02. The van der Waals surface area contributed by atoms with Crippen molar-refractivity contribution in [2.45, 2.75) is 13.5 Å². The summed E-state index contributed by atoms with van der Waals surface area (Å²) in [5, 5.41) is 5.30. The van der Waals surface area contributed by atoms with Gasteiger partial charge in [-0.05, 0) is 42.3 Å². The molecule has 0 unspecified atom stereocenters. The van der Waals surface area contributed by atoms with Crippen molar-refractivity contribution in [3.63, 3.8) is 0 Å². The first-order valence-corrected chi connectivity index (χ1v) is 7.61. The van der Waals surface area contributed by atoms with Crippen LogP contribution in [0.1, 0.15) is 10.4 Å². The fourth-order valence-corrected chi connectivity index (χ4v) is 3.16. The van der Waals surface area contributed by atoms with E-state index in [0.717, 1.165) is 26.6 Å². The quantitative estimate of drug-likeness (QED) is 0.695. The van der Waals surface area contributed by atoms with Crippen molar-refractivity contribution in [1.29, 1.82) is 0 Å². The van der Waals surface area contributed by atoms with Gasteiger partial charge in [0.25, 0.3) is 0 Å². The molecule has 1 N–H and O–H groups in total. The SMILES string of the molecule is Cc1cc2c(NCc3ccc(Cl)cc3)nc(Cl)nc2s1. The molecule has 0 aliphatic rings. The molecule has 0 amide bonds. The smallest absolute Gasteiger partial charge is 0.225 e. The number of thiophene rings is 1. The zero-order chi connectivity index (χ0) is 14.1. The van der Waals surface area contributed by atoms with Crippen LogP contribution in [-0.4, -0.2) is 9.97 Å². The summed E-state index contributed by atoms with van der Waals surface area (Å²) in [6.45, 7) is 2.71. The van der Waals surface area contributed by atoms with E-state index in [1.807, 2.05) is 31.2 Å². The van der Waals surface area contributed by atoms with Crippen molar-refractivity contribution in [2.24, 2.45) is 0 Å². The Labute approximate surface area is 130 Å². The lowest BCUT2D eigenvalue weighted by atomic mass is 10.2. The molecule has 2 heterocycles. The predicted octanol–water partition coefficient (Wildman–Crippen LogP) is 4.92. The van der Waals surface area contributed by atoms with Crippen LogP contribution in [0.3, 0.4) is 0 Å². The lowest BCUT2D eigenvalue weighted by molar-refractivity contribution is 1.11. The molecule has 0 spiro atoms. The van der Waals surface area contributed by atoms with Gasteiger partial charge in [-0.1, -0.05) is 23.7 Å². The Bertz CT molecular complexity index is 753. The van der Waals surface area contributed by atoms with Crippen LogP contribution >= 0.6 is 34.5 Å². The van der Waals surface area contributed by atoms with Gasteiger partial charge in [-0.15, -0.1) is 11.3 Å². The van der Waals surface area contributed by atoms with Crippen LogP contribution in [0.15, 0.2) is 30.3 Å². The molecular weight excluding hydrogens is 313 g/mol. The highest BCUT2D eigenvalue weighted by molar-refractivity contribution is 7.18. The molecule has 20 heavy (non-hydrogen) atoms. The molecule has 0 aliphatic carbocycles. The summed E-state index contributed by atoms with van der Waals surface area (Å²) in [5.41, 5.74) is 1.13. The molecule has 3 nitrogen and oxygen atoms in total. The second-order valence-corrected chi connectivity index (χ2v) is 6.41. The highest BCUT2D eigenvalue weighted by Gasteiger charge is 2.09. The first kappa shape index (κ1) is 13.6. The van der Waals surface area contributed by atoms with Gasteiger partial charge in [0, 0.05) is 16.4 Å². The molecule has 0 saturated heterocycles. The Hall–Kier alpha value is -1.36. The minimum atomic E-state index is 0.262. The number of hydrogen-bond acceptors (Lipinski definition) is 4. The largest absolute Gasteiger partial charge is 0.365 e. The molecule has 0 aliphatic heterocycles. The molecule has 0 bridgehead atoms. The van der Waals surface area contributed by atoms with Crippen molar-refractivity contribution in [3.05, 3.63) is 51.1 Å². The Morgan fingerprint density at radius 2 is 1.90 bits per heavy atom. The number of aryl methyl sites for hydroxylation is 1. The highest BCUT2D eigenvalue weighted by Crippen LogP contribution is 2.29. The van der Waals surface area contributed by atoms with E-state index < -0.39 is 0 Å². The normalized spacial score (nSPS) is 10.9. The van der Waals surface area contributed by atoms with Crippen LogP contribution in [0.2, 0.25) is 10.3 Å². The number of hydrogen-bond donors (Lipinski definition) is 1. The van der Waals surface area contributed by atoms with Gasteiger partial charge in [0.15, 0.2) is 0 Å². The van der Waals surface area contributed by atoms with Gasteiger partial charge in [-0.3, -0.25) is 0 Å². The van der Waals surface area contributed by atoms with Crippen molar-refractivity contribution in [2.75, 3.05) is 5.32 Å². The number of nitrogens with zero attached hydrogens (tertiary/aromatic N) is 2. The van der Waals surface area contributed by atoms with Gasteiger partial charge in [0.05, 0.1) is 5.39 Å². The number of halogens is 2. The zero-order valence-corrected chi connectivity index (χ0v) is 13.0. The molecule has 0 atom stereocenters. The number of nitrogens with one attached hydrogen (secondary N) is 1. The van der Waals surface area contributed by atoms with Gasteiger partial charge < -0.3 is 5.32 Å². The second kappa shape index (κ2) is 5.56. The van der Waals surface area contributed by atoms with Crippen LogP contribution in [0.5, 0.6) is 0 Å². The third kappa shape index (κ3) is 2.87. The van der Waals surface area contributed by atoms with Crippen molar-refractivity contribution in [1.82, 2.24) is 9.97 Å². The third-order valence-corrected chi connectivity index (χ3v) is 4.23. The fraction of sp³-hybridized carbons (Fsp3) is 0.143. The van der Waals surface area contributed by atoms with Gasteiger partial charge in [-0.2, -0.15) is 0 Å². The number of anilines is 1. The summed E-state index contributed by atoms with van der Waals surface area (Å²) >= 11 is 13.4. The van der Waals surface area contributed by atoms with Crippen LogP contribution in [-0.2, 0) is 6.54 Å². The standard InChI is InChI=1S/C14H11Cl2N3S/c1-8-6-11-12(18-14(16)19-13(11)20-8)17-7-9-2-4-10(15)5-3-9/h2-6H,7H2,1H3,(H,17,18,19). The van der Waals surface area contributed by atoms with E-state index in [2.05, 4.69) is 21.4 Å². The summed E-state index contributed by atoms with van der Waals surface area (Å²) in [5.74, 6) is 0.763. The first-order chi connectivity index (χ1) is 9.61. The molecule has 102 valence electrons. The molecule has 6 heteroatoms. The van der Waals surface area contributed by atoms with E-state index in [4.69, 9.17) is 23.2 Å². The van der Waals surface area contributed by atoms with Gasteiger partial charge in [0.1, 0.15) is 10.6 Å². The molecular formula is C14H11Cl2N3S. The van der Waals surface area contributed by atoms with Crippen LogP contribution in [0, 0.1) is 6.92 Å². The Morgan fingerprint density at radius 1 is 1.15 bits per heavy atom. The van der Waals surface area contributed by atoms with E-state index in [0.29, 0.717) is 6.54 Å². The van der Waals surface area contributed by atoms with Gasteiger partial charge in [0.2, 0.25) is 5.28 Å². The van der Waals surface area contributed by atoms with E-state index in [1.165, 1.54) is 4.88 Å². The first-order valence-electron chi connectivity index (χ1n) is 6.04. The Morgan fingerprint density at radius 3 is 2.65 bits per heavy atom. The fourth-order valence-electron chi connectivity index (χ4n) is 1.94. The summed E-state index contributed by atoms with van der Waals surface area (Å²) in [6.07, 6.45) is 0. The second-order valence-electron chi connectivity index (χ2n) is 4.40. The van der Waals surface area contributed by atoms with Crippen LogP contribution in [0.25, 0.3) is 10.2 Å². The van der Waals surface area contributed by atoms with Crippen LogP contribution in [0.4, 0.5) is 5.82 Å². The van der Waals surface area contributed by atoms with E-state index >= 15 is 0 Å². The molecule has 0 saturated carbocycles. The maximum Gasteiger partial charge on any atom is 0.225 e. The molecule has 3 aromatic rings. The number of benzene rings is 1. The number of aromatic nitrogens is 2. The average molecular weight is 324 g/mol. The monoisotopic (exact) mass is 323 g/mol. The molecule has 0 radical (unpaired) electrons. The minimum Gasteiger partial charge on any atom is -0.365 e. The van der Waals surface area contributed by atoms with Crippen molar-refractivity contribution in [3.8, 4) is 0 Å². The van der Waals surface area contributed by atoms with Gasteiger partial charge in [-0.25, -0.2) is 9.97 Å². The summed E-state index contributed by atoms with van der Waals surface area (Å²) in [6, 6.07) is 9.77. The summed E-state index contributed by atoms with van der Waals surface area (Å²) in [7, 11) is 0. The van der Waals surface area contributed by atoms with E-state index in [1.54, 1.807) is 11.3 Å². The molecule has 2 aromatic heterocycles. The predicted molar refractivity (Wildman–Crippen MR) is 85.9 cm³/mol. The maximum absolute atomic E-state index is 5.96. The average Bonchev–Trinajstić information content (AvgIpc) is 2.78. The summed E-state index contributed by atoms with van der Waals surface area (Å²) in [4.78, 5) is 10.6. The van der Waals surface area contributed by atoms with Crippen molar-refractivity contribution >= 4 is 50.6 Å². The van der Waals surface area contributed by atoms with Gasteiger partial charge >= 0.3 is 0 Å². The Kier molecular flexibility index (Phi) is 3.78. The summed E-state index contributed by atoms with van der Waals surface area (Å²) < 4.78 is 0. The highest BCUT2D eigenvalue weighted by atomic mass is 35.5. The molecule has 1 aromatic carbocycles. The maximum atomic E-state index is 5.96. The molecule has 0 fully saturated rings. The number of fused-ring (bicyclic) bond motifs is 1. The topological polar surface area (TPSA) is 37.8 Å². The van der Waals surface area contributed by atoms with Crippen LogP contribution < -0.4 is 5.32 Å². The zero-order valence-electron chi connectivity index (χ0n) is 10.7. The third-order valence-electron chi connectivity index (χ3n) is 2.86. The molecule has 3 rings (SSSR count). The van der Waals surface area contributed by atoms with E-state index in [-0.39, 0.29) is 5.28 Å².